The maximum Gasteiger partial charge on any atom is 0.257 e. The number of ether oxygens (including phenoxy) is 1. The van der Waals surface area contributed by atoms with Crippen LogP contribution in [0.2, 0.25) is 0 Å². The lowest BCUT2D eigenvalue weighted by Crippen LogP contribution is -2.36. The Morgan fingerprint density at radius 1 is 0.882 bits per heavy atom. The van der Waals surface area contributed by atoms with Crippen LogP contribution in [-0.2, 0) is 9.59 Å². The Hall–Kier alpha value is -3.58. The number of phenols is 1. The summed E-state index contributed by atoms with van der Waals surface area (Å²) in [6, 6.07) is 21.6. The summed E-state index contributed by atoms with van der Waals surface area (Å²) in [5, 5.41) is 15.9. The Kier molecular flexibility index (Phi) is 8.49. The lowest BCUT2D eigenvalue weighted by Gasteiger charge is -2.18. The van der Waals surface area contributed by atoms with E-state index in [4.69, 9.17) is 4.74 Å². The Bertz CT molecular complexity index is 1120. The van der Waals surface area contributed by atoms with Gasteiger partial charge in [0.2, 0.25) is 0 Å². The highest BCUT2D eigenvalue weighted by molar-refractivity contribution is 9.10. The van der Waals surface area contributed by atoms with E-state index in [2.05, 4.69) is 26.6 Å². The summed E-state index contributed by atoms with van der Waals surface area (Å²) in [5.41, 5.74) is 2.29. The zero-order valence-corrected chi connectivity index (χ0v) is 20.8. The first-order chi connectivity index (χ1) is 16.3. The quantitative estimate of drug-likeness (QED) is 0.213. The fraction of sp³-hybridized carbons (Fsp3) is 0.185. The van der Waals surface area contributed by atoms with Gasteiger partial charge in [-0.25, -0.2) is 0 Å². The van der Waals surface area contributed by atoms with Gasteiger partial charge in [-0.2, -0.15) is 0 Å². The molecule has 0 unspecified atom stereocenters. The molecule has 0 saturated heterocycles. The number of hydrogen-bond acceptors (Lipinski definition) is 4. The number of hydrogen-bond donors (Lipinski definition) is 3. The molecule has 0 spiro atoms. The molecule has 0 radical (unpaired) electrons. The van der Waals surface area contributed by atoms with E-state index in [0.29, 0.717) is 10.0 Å². The molecule has 3 aromatic carbocycles. The van der Waals surface area contributed by atoms with Crippen molar-refractivity contribution in [3.63, 3.8) is 0 Å². The van der Waals surface area contributed by atoms with Gasteiger partial charge in [-0.3, -0.25) is 9.59 Å². The molecule has 0 aromatic heterocycles. The number of rotatable bonds is 8. The second kappa shape index (κ2) is 11.5. The van der Waals surface area contributed by atoms with E-state index in [1.165, 1.54) is 13.2 Å². The Balaban J connectivity index is 1.93. The molecule has 3 N–H and O–H groups in total. The van der Waals surface area contributed by atoms with Crippen molar-refractivity contribution in [1.29, 1.82) is 0 Å². The van der Waals surface area contributed by atoms with E-state index in [0.717, 1.165) is 11.1 Å². The summed E-state index contributed by atoms with van der Waals surface area (Å²) in [6.45, 7) is 3.71. The number of halogens is 1. The van der Waals surface area contributed by atoms with Crippen molar-refractivity contribution in [1.82, 2.24) is 10.6 Å². The predicted octanol–water partition coefficient (Wildman–Crippen LogP) is 5.30. The average Bonchev–Trinajstić information content (AvgIpc) is 2.85. The van der Waals surface area contributed by atoms with Crippen molar-refractivity contribution >= 4 is 33.8 Å². The third kappa shape index (κ3) is 6.26. The molecule has 34 heavy (non-hydrogen) atoms. The molecule has 2 atom stereocenters. The van der Waals surface area contributed by atoms with E-state index < -0.39 is 11.8 Å². The van der Waals surface area contributed by atoms with Gasteiger partial charge in [-0.15, -0.1) is 0 Å². The number of benzene rings is 3. The summed E-state index contributed by atoms with van der Waals surface area (Å²) in [7, 11) is 1.43. The van der Waals surface area contributed by atoms with E-state index in [-0.39, 0.29) is 29.2 Å². The van der Waals surface area contributed by atoms with E-state index in [1.54, 1.807) is 12.1 Å². The molecule has 6 nitrogen and oxygen atoms in total. The number of phenolic OH excluding ortho intramolecular Hbond substituents is 1. The van der Waals surface area contributed by atoms with Crippen LogP contribution in [0.25, 0.3) is 6.08 Å². The highest BCUT2D eigenvalue weighted by Crippen LogP contribution is 2.35. The van der Waals surface area contributed by atoms with Crippen LogP contribution in [0, 0.1) is 0 Å². The van der Waals surface area contributed by atoms with Crippen LogP contribution in [0.3, 0.4) is 0 Å². The summed E-state index contributed by atoms with van der Waals surface area (Å²) < 4.78 is 5.59. The molecular weight excluding hydrogens is 496 g/mol. The molecule has 176 valence electrons. The monoisotopic (exact) mass is 522 g/mol. The number of carbonyl (C=O) groups excluding carboxylic acids is 2. The third-order valence-electron chi connectivity index (χ3n) is 5.37. The smallest absolute Gasteiger partial charge is 0.257 e. The highest BCUT2D eigenvalue weighted by atomic mass is 79.9. The van der Waals surface area contributed by atoms with Gasteiger partial charge >= 0.3 is 0 Å². The summed E-state index contributed by atoms with van der Waals surface area (Å²) in [6.07, 6.45) is 1.48. The topological polar surface area (TPSA) is 87.7 Å². The van der Waals surface area contributed by atoms with Crippen LogP contribution < -0.4 is 15.4 Å². The molecule has 0 aliphatic rings. The van der Waals surface area contributed by atoms with Crippen LogP contribution in [0.15, 0.2) is 82.8 Å². The number of methoxy groups -OCH3 is 1. The Morgan fingerprint density at radius 3 is 1.79 bits per heavy atom. The van der Waals surface area contributed by atoms with Crippen LogP contribution >= 0.6 is 15.9 Å². The molecule has 0 aliphatic heterocycles. The second-order valence-electron chi connectivity index (χ2n) is 7.82. The van der Waals surface area contributed by atoms with Gasteiger partial charge in [0.15, 0.2) is 11.5 Å². The molecular formula is C27H27BrN2O4. The van der Waals surface area contributed by atoms with E-state index in [1.807, 2.05) is 74.5 Å². The predicted molar refractivity (Wildman–Crippen MR) is 136 cm³/mol. The van der Waals surface area contributed by atoms with Gasteiger partial charge in [-0.1, -0.05) is 60.7 Å². The zero-order chi connectivity index (χ0) is 24.7. The van der Waals surface area contributed by atoms with Crippen molar-refractivity contribution in [3.8, 4) is 11.5 Å². The molecule has 0 fully saturated rings. The minimum Gasteiger partial charge on any atom is -0.503 e. The molecule has 0 heterocycles. The largest absolute Gasteiger partial charge is 0.503 e. The van der Waals surface area contributed by atoms with Crippen molar-refractivity contribution in [2.75, 3.05) is 7.11 Å². The maximum absolute atomic E-state index is 13.3. The molecule has 0 bridgehead atoms. The normalized spacial score (nSPS) is 13.0. The van der Waals surface area contributed by atoms with Crippen LogP contribution in [0.4, 0.5) is 0 Å². The fourth-order valence-electron chi connectivity index (χ4n) is 3.43. The number of carbonyl (C=O) groups is 2. The van der Waals surface area contributed by atoms with E-state index in [9.17, 15) is 14.7 Å². The molecule has 0 aliphatic carbocycles. The van der Waals surface area contributed by atoms with Crippen LogP contribution in [0.5, 0.6) is 11.5 Å². The van der Waals surface area contributed by atoms with Gasteiger partial charge < -0.3 is 20.5 Å². The maximum atomic E-state index is 13.3. The lowest BCUT2D eigenvalue weighted by molar-refractivity contribution is -0.124. The number of aromatic hydroxyl groups is 1. The second-order valence-corrected chi connectivity index (χ2v) is 8.68. The number of nitrogens with one attached hydrogen (secondary N) is 2. The van der Waals surface area contributed by atoms with Gasteiger partial charge in [-0.05, 0) is 64.7 Å². The first-order valence-corrected chi connectivity index (χ1v) is 11.6. The van der Waals surface area contributed by atoms with Crippen molar-refractivity contribution < 1.29 is 19.4 Å². The summed E-state index contributed by atoms with van der Waals surface area (Å²) in [4.78, 5) is 26.5. The number of amides is 2. The molecule has 2 amide bonds. The van der Waals surface area contributed by atoms with Gasteiger partial charge in [0, 0.05) is 0 Å². The molecule has 3 rings (SSSR count). The summed E-state index contributed by atoms with van der Waals surface area (Å²) in [5.74, 6) is -0.879. The Labute approximate surface area is 207 Å². The molecule has 0 saturated carbocycles. The minimum atomic E-state index is -0.516. The van der Waals surface area contributed by atoms with Crippen molar-refractivity contribution in [2.24, 2.45) is 0 Å². The van der Waals surface area contributed by atoms with Gasteiger partial charge in [0.25, 0.3) is 11.8 Å². The van der Waals surface area contributed by atoms with Crippen LogP contribution in [0.1, 0.15) is 42.6 Å². The van der Waals surface area contributed by atoms with Crippen LogP contribution in [-0.4, -0.2) is 24.0 Å². The van der Waals surface area contributed by atoms with Crippen molar-refractivity contribution in [3.05, 3.63) is 99.5 Å². The van der Waals surface area contributed by atoms with Gasteiger partial charge in [0.05, 0.1) is 23.7 Å². The minimum absolute atomic E-state index is 0.0643. The third-order valence-corrected chi connectivity index (χ3v) is 5.97. The Morgan fingerprint density at radius 2 is 1.35 bits per heavy atom. The van der Waals surface area contributed by atoms with Gasteiger partial charge in [0.1, 0.15) is 5.57 Å². The molecule has 3 aromatic rings. The fourth-order valence-corrected chi connectivity index (χ4v) is 3.89. The van der Waals surface area contributed by atoms with Crippen molar-refractivity contribution in [2.45, 2.75) is 25.9 Å². The lowest BCUT2D eigenvalue weighted by atomic mass is 10.0. The SMILES string of the molecule is COc1cc(C=C(C(=O)N[C@@H](C)c2ccccc2)C(=O)N[C@H](C)c2ccccc2)cc(Br)c1O. The van der Waals surface area contributed by atoms with E-state index >= 15 is 0 Å². The summed E-state index contributed by atoms with van der Waals surface area (Å²) >= 11 is 3.28. The highest BCUT2D eigenvalue weighted by Gasteiger charge is 2.23. The standard InChI is InChI=1S/C27H27BrN2O4/c1-17(20-10-6-4-7-11-20)29-26(32)22(14-19-15-23(28)25(31)24(16-19)34-3)27(33)30-18(2)21-12-8-5-9-13-21/h4-18,31H,1-3H3,(H,29,32)(H,30,33)/t17-,18+. The zero-order valence-electron chi connectivity index (χ0n) is 19.2. The average molecular weight is 523 g/mol. The first-order valence-electron chi connectivity index (χ1n) is 10.8. The molecule has 7 heteroatoms. The first kappa shape index (κ1) is 25.1.